The minimum Gasteiger partial charge on any atom is -0.382 e. The van der Waals surface area contributed by atoms with Crippen molar-refractivity contribution in [3.63, 3.8) is 0 Å². The number of hydrogen-bond acceptors (Lipinski definition) is 5. The van der Waals surface area contributed by atoms with Gasteiger partial charge in [0.2, 0.25) is 0 Å². The van der Waals surface area contributed by atoms with E-state index in [0.29, 0.717) is 40.4 Å². The Labute approximate surface area is 121 Å². The molecule has 2 aromatic rings. The lowest BCUT2D eigenvalue weighted by Gasteiger charge is -2.04. The molecule has 0 fully saturated rings. The van der Waals surface area contributed by atoms with E-state index in [1.807, 2.05) is 11.6 Å². The number of aryl methyl sites for hydroxylation is 2. The van der Waals surface area contributed by atoms with Crippen LogP contribution in [0.25, 0.3) is 11.2 Å². The smallest absolute Gasteiger partial charge is 0.179 e. The number of nitrogens with two attached hydrogens (primary N) is 1. The average molecular weight is 379 g/mol. The first-order valence-electron chi connectivity index (χ1n) is 5.45. The first-order chi connectivity index (χ1) is 8.49. The molecule has 0 aromatic carbocycles. The normalized spacial score (nSPS) is 13.1. The lowest BCUT2D eigenvalue weighted by atomic mass is 10.2. The van der Waals surface area contributed by atoms with Crippen molar-refractivity contribution < 1.29 is 5.11 Å². The molecule has 2 aromatic heterocycles. The fraction of sp³-hybridized carbons (Fsp3) is 0.500. The van der Waals surface area contributed by atoms with Crippen molar-refractivity contribution in [1.82, 2.24) is 19.5 Å². The molecule has 0 spiro atoms. The summed E-state index contributed by atoms with van der Waals surface area (Å²) in [6.45, 7) is 0. The molecule has 0 amide bonds. The number of hydrogen-bond donors (Lipinski definition) is 2. The second kappa shape index (κ2) is 5.50. The number of aliphatic hydroxyl groups excluding tert-OH is 1. The van der Waals surface area contributed by atoms with E-state index in [0.717, 1.165) is 6.42 Å². The molecule has 0 saturated carbocycles. The highest BCUT2D eigenvalue weighted by Crippen LogP contribution is 2.21. The number of anilines is 1. The van der Waals surface area contributed by atoms with Crippen LogP contribution in [-0.4, -0.2) is 29.6 Å². The van der Waals surface area contributed by atoms with Crippen LogP contribution in [0.1, 0.15) is 18.7 Å². The van der Waals surface area contributed by atoms with Gasteiger partial charge in [0.1, 0.15) is 10.8 Å². The largest absolute Gasteiger partial charge is 0.382 e. The third-order valence-electron chi connectivity index (χ3n) is 2.58. The number of fused-ring (bicyclic) bond motifs is 1. The lowest BCUT2D eigenvalue weighted by molar-refractivity contribution is 0.256. The third-order valence-corrected chi connectivity index (χ3v) is 3.75. The Morgan fingerprint density at radius 1 is 1.39 bits per heavy atom. The summed E-state index contributed by atoms with van der Waals surface area (Å²) in [5, 5.41) is 8.65. The van der Waals surface area contributed by atoms with Gasteiger partial charge in [-0.05, 0) is 28.8 Å². The molecule has 0 radical (unpaired) electrons. The summed E-state index contributed by atoms with van der Waals surface area (Å²) in [6, 6.07) is 0. The third kappa shape index (κ3) is 2.81. The quantitative estimate of drug-likeness (QED) is 0.624. The molecule has 2 heterocycles. The van der Waals surface area contributed by atoms with Crippen LogP contribution in [0.4, 0.5) is 5.82 Å². The standard InChI is InChI=1S/C10H13Br2N5O/c1-17-9-7(16-10(17)12)8(13)14-6(15-9)4-2-3-5(11)18/h5,18H,2-4H2,1H3,(H2,13,14,15). The Bertz CT molecular complexity index is 569. The molecule has 0 aliphatic rings. The van der Waals surface area contributed by atoms with Crippen LogP contribution in [0.15, 0.2) is 4.73 Å². The molecular weight excluding hydrogens is 366 g/mol. The minimum absolute atomic E-state index is 0.385. The zero-order chi connectivity index (χ0) is 13.3. The highest BCUT2D eigenvalue weighted by Gasteiger charge is 2.12. The maximum atomic E-state index is 9.14. The molecule has 0 aliphatic carbocycles. The zero-order valence-corrected chi connectivity index (χ0v) is 12.9. The van der Waals surface area contributed by atoms with Crippen molar-refractivity contribution >= 4 is 48.8 Å². The zero-order valence-electron chi connectivity index (χ0n) is 9.77. The lowest BCUT2D eigenvalue weighted by Crippen LogP contribution is -2.04. The molecule has 0 aliphatic heterocycles. The fourth-order valence-electron chi connectivity index (χ4n) is 1.64. The van der Waals surface area contributed by atoms with Gasteiger partial charge in [-0.1, -0.05) is 15.9 Å². The van der Waals surface area contributed by atoms with Gasteiger partial charge in [-0.15, -0.1) is 0 Å². The minimum atomic E-state index is -0.482. The van der Waals surface area contributed by atoms with Crippen molar-refractivity contribution in [2.75, 3.05) is 5.73 Å². The molecular formula is C10H13Br2N5O. The van der Waals surface area contributed by atoms with Crippen LogP contribution in [0.2, 0.25) is 0 Å². The highest BCUT2D eigenvalue weighted by atomic mass is 79.9. The maximum Gasteiger partial charge on any atom is 0.179 e. The molecule has 6 nitrogen and oxygen atoms in total. The van der Waals surface area contributed by atoms with Crippen LogP contribution >= 0.6 is 31.9 Å². The number of nitrogen functional groups attached to an aromatic ring is 1. The summed E-state index contributed by atoms with van der Waals surface area (Å²) < 4.78 is 2.49. The van der Waals surface area contributed by atoms with Gasteiger partial charge in [-0.3, -0.25) is 0 Å². The van der Waals surface area contributed by atoms with Gasteiger partial charge in [0, 0.05) is 13.5 Å². The molecule has 98 valence electrons. The van der Waals surface area contributed by atoms with Crippen molar-refractivity contribution in [2.24, 2.45) is 7.05 Å². The Morgan fingerprint density at radius 3 is 2.78 bits per heavy atom. The maximum absolute atomic E-state index is 9.14. The fourth-order valence-corrected chi connectivity index (χ4v) is 2.31. The average Bonchev–Trinajstić information content (AvgIpc) is 2.57. The van der Waals surface area contributed by atoms with Gasteiger partial charge >= 0.3 is 0 Å². The molecule has 1 unspecified atom stereocenters. The van der Waals surface area contributed by atoms with Gasteiger partial charge in [-0.25, -0.2) is 15.0 Å². The van der Waals surface area contributed by atoms with Crippen molar-refractivity contribution in [3.05, 3.63) is 10.6 Å². The van der Waals surface area contributed by atoms with E-state index < -0.39 is 5.01 Å². The highest BCUT2D eigenvalue weighted by molar-refractivity contribution is 9.10. The van der Waals surface area contributed by atoms with Gasteiger partial charge in [0.15, 0.2) is 21.7 Å². The van der Waals surface area contributed by atoms with Crippen LogP contribution in [0, 0.1) is 0 Å². The van der Waals surface area contributed by atoms with E-state index >= 15 is 0 Å². The van der Waals surface area contributed by atoms with Crippen molar-refractivity contribution in [3.8, 4) is 0 Å². The summed E-state index contributed by atoms with van der Waals surface area (Å²) in [6.07, 6.45) is 2.11. The molecule has 8 heteroatoms. The van der Waals surface area contributed by atoms with Crippen molar-refractivity contribution in [2.45, 2.75) is 24.3 Å². The molecule has 18 heavy (non-hydrogen) atoms. The Balaban J connectivity index is 2.27. The number of aliphatic hydroxyl groups is 1. The molecule has 0 saturated heterocycles. The van der Waals surface area contributed by atoms with Gasteiger partial charge in [-0.2, -0.15) is 0 Å². The second-order valence-corrected chi connectivity index (χ2v) is 5.73. The molecule has 0 bridgehead atoms. The Kier molecular flexibility index (Phi) is 4.18. The number of nitrogens with zero attached hydrogens (tertiary/aromatic N) is 4. The summed E-state index contributed by atoms with van der Waals surface area (Å²) in [5.74, 6) is 1.05. The predicted octanol–water partition coefficient (Wildman–Crippen LogP) is 1.74. The van der Waals surface area contributed by atoms with Crippen molar-refractivity contribution in [1.29, 1.82) is 0 Å². The number of halogens is 2. The number of aromatic nitrogens is 4. The summed E-state index contributed by atoms with van der Waals surface area (Å²) >= 11 is 6.42. The SMILES string of the molecule is Cn1c(Br)nc2c(N)nc(CCCC(O)Br)nc21. The van der Waals surface area contributed by atoms with Crippen LogP contribution < -0.4 is 5.73 Å². The van der Waals surface area contributed by atoms with E-state index in [1.54, 1.807) is 0 Å². The first-order valence-corrected chi connectivity index (χ1v) is 7.16. The van der Waals surface area contributed by atoms with Crippen LogP contribution in [-0.2, 0) is 13.5 Å². The number of rotatable bonds is 4. The molecule has 2 rings (SSSR count). The first kappa shape index (κ1) is 13.7. The summed E-state index contributed by atoms with van der Waals surface area (Å²) in [7, 11) is 1.86. The summed E-state index contributed by atoms with van der Waals surface area (Å²) in [5.41, 5.74) is 7.18. The number of alkyl halides is 1. The number of imidazole rings is 1. The molecule has 3 N–H and O–H groups in total. The van der Waals surface area contributed by atoms with Crippen LogP contribution in [0.5, 0.6) is 0 Å². The second-order valence-electron chi connectivity index (χ2n) is 3.96. The Hall–Kier alpha value is -0.730. The van der Waals surface area contributed by atoms with E-state index in [4.69, 9.17) is 10.8 Å². The monoisotopic (exact) mass is 377 g/mol. The van der Waals surface area contributed by atoms with Crippen LogP contribution in [0.3, 0.4) is 0 Å². The summed E-state index contributed by atoms with van der Waals surface area (Å²) in [4.78, 5) is 12.9. The van der Waals surface area contributed by atoms with E-state index in [-0.39, 0.29) is 0 Å². The van der Waals surface area contributed by atoms with E-state index in [1.165, 1.54) is 0 Å². The topological polar surface area (TPSA) is 89.9 Å². The van der Waals surface area contributed by atoms with Gasteiger partial charge in [0.05, 0.1) is 0 Å². The van der Waals surface area contributed by atoms with Gasteiger partial charge < -0.3 is 15.4 Å². The Morgan fingerprint density at radius 2 is 2.11 bits per heavy atom. The predicted molar refractivity (Wildman–Crippen MR) is 76.3 cm³/mol. The van der Waals surface area contributed by atoms with E-state index in [9.17, 15) is 0 Å². The van der Waals surface area contributed by atoms with E-state index in [2.05, 4.69) is 46.8 Å². The molecule has 1 atom stereocenters. The van der Waals surface area contributed by atoms with Gasteiger partial charge in [0.25, 0.3) is 0 Å².